The zero-order valence-corrected chi connectivity index (χ0v) is 13.9. The van der Waals surface area contributed by atoms with Gasteiger partial charge in [-0.2, -0.15) is 0 Å². The van der Waals surface area contributed by atoms with E-state index in [1.54, 1.807) is 5.19 Å². The molecule has 0 nitrogen and oxygen atoms in total. The van der Waals surface area contributed by atoms with Crippen molar-refractivity contribution >= 4 is 24.9 Å². The van der Waals surface area contributed by atoms with Crippen molar-refractivity contribution in [1.82, 2.24) is 0 Å². The lowest BCUT2D eigenvalue weighted by molar-refractivity contribution is 0.880. The summed E-state index contributed by atoms with van der Waals surface area (Å²) in [5, 5.41) is 2.65. The van der Waals surface area contributed by atoms with Crippen molar-refractivity contribution in [1.29, 1.82) is 0 Å². The van der Waals surface area contributed by atoms with Gasteiger partial charge in [0.05, 0.1) is 9.52 Å². The van der Waals surface area contributed by atoms with E-state index in [2.05, 4.69) is 60.7 Å². The smallest absolute Gasteiger partial charge is 0.0544 e. The molecule has 88 valence electrons. The van der Waals surface area contributed by atoms with Crippen LogP contribution in [0.5, 0.6) is 0 Å². The Morgan fingerprint density at radius 2 is 1.47 bits per heavy atom. The Morgan fingerprint density at radius 3 is 2.12 bits per heavy atom. The van der Waals surface area contributed by atoms with Crippen molar-refractivity contribution in [3.63, 3.8) is 0 Å². The molecule has 0 aliphatic heterocycles. The molecule has 0 amide bonds. The molecule has 0 bridgehead atoms. The average molecular weight is 256 g/mol. The molecule has 1 atom stereocenters. The average Bonchev–Trinajstić information content (AvgIpc) is 2.39. The van der Waals surface area contributed by atoms with Crippen LogP contribution >= 0.6 is 0 Å². The van der Waals surface area contributed by atoms with Gasteiger partial charge >= 0.3 is 0 Å². The molecule has 2 aromatic rings. The predicted molar refractivity (Wildman–Crippen MR) is 83.1 cm³/mol. The minimum atomic E-state index is -0.0412. The Labute approximate surface area is 109 Å². The van der Waals surface area contributed by atoms with Crippen LogP contribution in [0.1, 0.15) is 12.0 Å². The summed E-state index contributed by atoms with van der Waals surface area (Å²) in [7, 11) is 1.31. The third-order valence-corrected chi connectivity index (χ3v) is 7.05. The van der Waals surface area contributed by atoms with Crippen LogP contribution in [-0.4, -0.2) is 19.8 Å². The normalized spacial score (nSPS) is 13.2. The van der Waals surface area contributed by atoms with E-state index in [1.807, 2.05) is 0 Å². The van der Waals surface area contributed by atoms with E-state index < -0.39 is 0 Å². The minimum absolute atomic E-state index is 0.0412. The lowest BCUT2D eigenvalue weighted by Gasteiger charge is -2.10. The molecule has 0 N–H and O–H groups in total. The van der Waals surface area contributed by atoms with Gasteiger partial charge in [0, 0.05) is 10.2 Å². The fourth-order valence-corrected chi connectivity index (χ4v) is 5.64. The molecule has 0 aromatic heterocycles. The summed E-state index contributed by atoms with van der Waals surface area (Å²) in [4.78, 5) is 0. The summed E-state index contributed by atoms with van der Waals surface area (Å²) >= 11 is 0. The van der Waals surface area contributed by atoms with Crippen LogP contribution in [0.4, 0.5) is 0 Å². The van der Waals surface area contributed by atoms with Crippen molar-refractivity contribution in [2.45, 2.75) is 18.0 Å². The number of benzene rings is 2. The van der Waals surface area contributed by atoms with Crippen molar-refractivity contribution < 1.29 is 0 Å². The molecule has 0 radical (unpaired) electrons. The molecule has 0 aliphatic rings. The Morgan fingerprint density at radius 1 is 0.882 bits per heavy atom. The maximum Gasteiger partial charge on any atom is 0.0544 e. The standard InChI is InChI=1S/C15H20Si2/c16-15(17-14-9-5-2-6-10-14)12-11-13-7-3-1-4-8-13/h1-10,15H,11-12,17H2,16H3. The molecule has 0 saturated heterocycles. The van der Waals surface area contributed by atoms with Crippen molar-refractivity contribution in [3.05, 3.63) is 66.2 Å². The second-order valence-corrected chi connectivity index (χ2v) is 10.7. The first-order valence-corrected chi connectivity index (χ1v) is 9.10. The summed E-state index contributed by atoms with van der Waals surface area (Å²) < 4.78 is 0. The van der Waals surface area contributed by atoms with Gasteiger partial charge in [0.15, 0.2) is 0 Å². The van der Waals surface area contributed by atoms with E-state index in [9.17, 15) is 0 Å². The van der Waals surface area contributed by atoms with Crippen LogP contribution in [0.3, 0.4) is 0 Å². The summed E-state index contributed by atoms with van der Waals surface area (Å²) in [6.07, 6.45) is 2.65. The van der Waals surface area contributed by atoms with Gasteiger partial charge in [-0.1, -0.05) is 77.4 Å². The second kappa shape index (κ2) is 6.57. The van der Waals surface area contributed by atoms with Gasteiger partial charge in [0.2, 0.25) is 0 Å². The Balaban J connectivity index is 1.80. The minimum Gasteiger partial charge on any atom is -0.0670 e. The second-order valence-electron chi connectivity index (χ2n) is 4.82. The van der Waals surface area contributed by atoms with Gasteiger partial charge in [-0.25, -0.2) is 0 Å². The van der Waals surface area contributed by atoms with Gasteiger partial charge in [-0.05, 0) is 12.0 Å². The van der Waals surface area contributed by atoms with E-state index in [1.165, 1.54) is 28.6 Å². The zero-order chi connectivity index (χ0) is 11.9. The van der Waals surface area contributed by atoms with Crippen molar-refractivity contribution in [2.24, 2.45) is 0 Å². The van der Waals surface area contributed by atoms with Gasteiger partial charge in [0.1, 0.15) is 0 Å². The van der Waals surface area contributed by atoms with Crippen molar-refractivity contribution in [2.75, 3.05) is 0 Å². The molecule has 2 heteroatoms. The summed E-state index contributed by atoms with van der Waals surface area (Å²) in [5.74, 6) is 0. The van der Waals surface area contributed by atoms with Crippen LogP contribution < -0.4 is 5.19 Å². The van der Waals surface area contributed by atoms with Crippen molar-refractivity contribution in [3.8, 4) is 0 Å². The maximum absolute atomic E-state index is 2.31. The first-order chi connectivity index (χ1) is 8.34. The van der Waals surface area contributed by atoms with Crippen LogP contribution in [0.15, 0.2) is 60.7 Å². The molecule has 0 spiro atoms. The van der Waals surface area contributed by atoms with Crippen LogP contribution in [0.2, 0.25) is 5.16 Å². The molecule has 0 heterocycles. The highest BCUT2D eigenvalue weighted by Gasteiger charge is 2.04. The number of aryl methyl sites for hydroxylation is 1. The Bertz CT molecular complexity index is 425. The Kier molecular flexibility index (Phi) is 4.77. The number of hydrogen-bond acceptors (Lipinski definition) is 0. The first-order valence-electron chi connectivity index (χ1n) is 6.42. The third kappa shape index (κ3) is 4.33. The molecule has 2 rings (SSSR count). The van der Waals surface area contributed by atoms with E-state index in [4.69, 9.17) is 0 Å². The lowest BCUT2D eigenvalue weighted by Crippen LogP contribution is -2.19. The van der Waals surface area contributed by atoms with E-state index in [0.29, 0.717) is 0 Å². The van der Waals surface area contributed by atoms with E-state index in [0.717, 1.165) is 5.16 Å². The molecular weight excluding hydrogens is 236 g/mol. The lowest BCUT2D eigenvalue weighted by atomic mass is 10.1. The molecule has 1 unspecified atom stereocenters. The highest BCUT2D eigenvalue weighted by molar-refractivity contribution is 6.62. The molecule has 17 heavy (non-hydrogen) atoms. The first kappa shape index (κ1) is 12.3. The van der Waals surface area contributed by atoms with Crippen LogP contribution in [-0.2, 0) is 6.42 Å². The molecule has 0 aliphatic carbocycles. The summed E-state index contributed by atoms with van der Waals surface area (Å²) in [5.41, 5.74) is 1.50. The third-order valence-electron chi connectivity index (χ3n) is 3.20. The quantitative estimate of drug-likeness (QED) is 0.706. The maximum atomic E-state index is 2.31. The van der Waals surface area contributed by atoms with Crippen LogP contribution in [0.25, 0.3) is 0 Å². The largest absolute Gasteiger partial charge is 0.0670 e. The van der Waals surface area contributed by atoms with Gasteiger partial charge in [0.25, 0.3) is 0 Å². The topological polar surface area (TPSA) is 0 Å². The van der Waals surface area contributed by atoms with Crippen LogP contribution in [0, 0.1) is 0 Å². The van der Waals surface area contributed by atoms with Gasteiger partial charge < -0.3 is 0 Å². The van der Waals surface area contributed by atoms with E-state index in [-0.39, 0.29) is 9.52 Å². The number of hydrogen-bond donors (Lipinski definition) is 0. The highest BCUT2D eigenvalue weighted by atomic mass is 28.2. The SMILES string of the molecule is [SiH3]C(CCc1ccccc1)[SiH2]c1ccccc1. The summed E-state index contributed by atoms with van der Waals surface area (Å²) in [6.45, 7) is 0. The van der Waals surface area contributed by atoms with Gasteiger partial charge in [-0.3, -0.25) is 0 Å². The summed E-state index contributed by atoms with van der Waals surface area (Å²) in [6, 6.07) is 22.0. The fourth-order valence-electron chi connectivity index (χ4n) is 2.18. The number of rotatable bonds is 5. The monoisotopic (exact) mass is 256 g/mol. The van der Waals surface area contributed by atoms with Gasteiger partial charge in [-0.15, -0.1) is 0 Å². The predicted octanol–water partition coefficient (Wildman–Crippen LogP) is 1.22. The zero-order valence-electron chi connectivity index (χ0n) is 10.5. The molecule has 0 fully saturated rings. The Hall–Kier alpha value is -1.13. The molecule has 0 saturated carbocycles. The van der Waals surface area contributed by atoms with E-state index >= 15 is 0 Å². The fraction of sp³-hybridized carbons (Fsp3) is 0.200. The molecular formula is C15H20Si2. The molecule has 2 aromatic carbocycles. The highest BCUT2D eigenvalue weighted by Crippen LogP contribution is 2.10.